The van der Waals surface area contributed by atoms with Crippen molar-refractivity contribution in [2.24, 2.45) is 7.05 Å². The molecule has 0 saturated carbocycles. The zero-order valence-corrected chi connectivity index (χ0v) is 10.4. The highest BCUT2D eigenvalue weighted by Gasteiger charge is 2.18. The molecule has 2 rings (SSSR count). The van der Waals surface area contributed by atoms with E-state index in [1.54, 1.807) is 0 Å². The Labute approximate surface area is 97.1 Å². The second-order valence-electron chi connectivity index (χ2n) is 4.15. The summed E-state index contributed by atoms with van der Waals surface area (Å²) in [7, 11) is 2.04. The third-order valence-electron chi connectivity index (χ3n) is 3.19. The Morgan fingerprint density at radius 2 is 2.19 bits per heavy atom. The Bertz CT molecular complexity index is 404. The van der Waals surface area contributed by atoms with Gasteiger partial charge in [0.05, 0.1) is 18.9 Å². The maximum Gasteiger partial charge on any atom is 0.0699 e. The lowest BCUT2D eigenvalue weighted by Crippen LogP contribution is -2.06. The Hall–Kier alpha value is -1.09. The predicted octanol–water partition coefficient (Wildman–Crippen LogP) is 2.35. The van der Waals surface area contributed by atoms with Crippen molar-refractivity contribution in [3.8, 4) is 0 Å². The number of rotatable bonds is 3. The molecule has 3 nitrogen and oxygen atoms in total. The molecule has 16 heavy (non-hydrogen) atoms. The first kappa shape index (κ1) is 11.4. The number of ether oxygens (including phenoxy) is 1. The fraction of sp³-hybridized carbons (Fsp3) is 0.615. The van der Waals surface area contributed by atoms with Crippen molar-refractivity contribution in [2.75, 3.05) is 13.2 Å². The molecule has 88 valence electrons. The topological polar surface area (TPSA) is 27.1 Å². The van der Waals surface area contributed by atoms with Gasteiger partial charge in [-0.05, 0) is 24.8 Å². The highest BCUT2D eigenvalue weighted by atomic mass is 16.5. The van der Waals surface area contributed by atoms with Crippen LogP contribution in [0.5, 0.6) is 0 Å². The van der Waals surface area contributed by atoms with E-state index < -0.39 is 0 Å². The van der Waals surface area contributed by atoms with Gasteiger partial charge in [0.25, 0.3) is 0 Å². The Morgan fingerprint density at radius 3 is 2.75 bits per heavy atom. The number of aromatic nitrogens is 2. The van der Waals surface area contributed by atoms with E-state index >= 15 is 0 Å². The van der Waals surface area contributed by atoms with Crippen LogP contribution in [0.4, 0.5) is 0 Å². The second-order valence-corrected chi connectivity index (χ2v) is 4.15. The van der Waals surface area contributed by atoms with Crippen molar-refractivity contribution in [1.29, 1.82) is 0 Å². The largest absolute Gasteiger partial charge is 0.377 e. The minimum Gasteiger partial charge on any atom is -0.377 e. The number of hydrogen-bond donors (Lipinski definition) is 0. The lowest BCUT2D eigenvalue weighted by molar-refractivity contribution is 0.161. The van der Waals surface area contributed by atoms with Crippen molar-refractivity contribution in [3.05, 3.63) is 23.0 Å². The van der Waals surface area contributed by atoms with Crippen LogP contribution in [-0.4, -0.2) is 23.0 Å². The fourth-order valence-electron chi connectivity index (χ4n) is 2.40. The molecule has 3 heteroatoms. The van der Waals surface area contributed by atoms with E-state index in [-0.39, 0.29) is 0 Å². The van der Waals surface area contributed by atoms with Gasteiger partial charge in [0.15, 0.2) is 0 Å². The monoisotopic (exact) mass is 220 g/mol. The molecule has 0 fully saturated rings. The van der Waals surface area contributed by atoms with Crippen molar-refractivity contribution in [3.63, 3.8) is 0 Å². The van der Waals surface area contributed by atoms with E-state index in [1.165, 1.54) is 22.5 Å². The normalized spacial score (nSPS) is 16.3. The molecule has 0 unspecified atom stereocenters. The molecule has 0 aromatic carbocycles. The molecule has 2 heterocycles. The van der Waals surface area contributed by atoms with Crippen LogP contribution < -0.4 is 0 Å². The summed E-state index contributed by atoms with van der Waals surface area (Å²) in [5, 5.41) is 4.61. The fourth-order valence-corrected chi connectivity index (χ4v) is 2.40. The lowest BCUT2D eigenvalue weighted by Gasteiger charge is -2.15. The van der Waals surface area contributed by atoms with Crippen LogP contribution in [0.25, 0.3) is 5.57 Å². The Morgan fingerprint density at radius 1 is 1.38 bits per heavy atom. The van der Waals surface area contributed by atoms with E-state index in [2.05, 4.69) is 25.0 Å². The van der Waals surface area contributed by atoms with Gasteiger partial charge in [-0.1, -0.05) is 19.9 Å². The molecule has 0 bridgehead atoms. The van der Waals surface area contributed by atoms with Gasteiger partial charge in [0, 0.05) is 18.3 Å². The molecule has 0 saturated heterocycles. The van der Waals surface area contributed by atoms with Gasteiger partial charge < -0.3 is 4.74 Å². The Balaban J connectivity index is 2.47. The maximum atomic E-state index is 5.37. The summed E-state index contributed by atoms with van der Waals surface area (Å²) >= 11 is 0. The van der Waals surface area contributed by atoms with Crippen LogP contribution >= 0.6 is 0 Å². The third-order valence-corrected chi connectivity index (χ3v) is 3.19. The summed E-state index contributed by atoms with van der Waals surface area (Å²) in [6, 6.07) is 0. The minimum absolute atomic E-state index is 0.747. The molecule has 0 aliphatic carbocycles. The minimum atomic E-state index is 0.747. The van der Waals surface area contributed by atoms with Crippen LogP contribution in [0, 0.1) is 0 Å². The molecule has 1 aromatic heterocycles. The molecule has 1 aliphatic heterocycles. The van der Waals surface area contributed by atoms with E-state index in [0.29, 0.717) is 0 Å². The predicted molar refractivity (Wildman–Crippen MR) is 65.4 cm³/mol. The molecule has 1 aromatic rings. The summed E-state index contributed by atoms with van der Waals surface area (Å²) in [6.07, 6.45) is 5.27. The van der Waals surface area contributed by atoms with Crippen LogP contribution in [0.1, 0.15) is 37.2 Å². The third kappa shape index (κ3) is 1.92. The summed E-state index contributed by atoms with van der Waals surface area (Å²) in [5.74, 6) is 0. The van der Waals surface area contributed by atoms with Crippen molar-refractivity contribution < 1.29 is 4.74 Å². The van der Waals surface area contributed by atoms with Gasteiger partial charge in [-0.15, -0.1) is 0 Å². The summed E-state index contributed by atoms with van der Waals surface area (Å²) < 4.78 is 7.40. The summed E-state index contributed by atoms with van der Waals surface area (Å²) in [6.45, 7) is 5.95. The molecular formula is C13H20N2O. The van der Waals surface area contributed by atoms with E-state index in [1.807, 2.05) is 11.7 Å². The smallest absolute Gasteiger partial charge is 0.0699 e. The molecule has 0 N–H and O–H groups in total. The van der Waals surface area contributed by atoms with E-state index in [0.717, 1.165) is 32.5 Å². The molecular weight excluding hydrogens is 200 g/mol. The average molecular weight is 220 g/mol. The van der Waals surface area contributed by atoms with Crippen molar-refractivity contribution in [1.82, 2.24) is 9.78 Å². The maximum absolute atomic E-state index is 5.37. The summed E-state index contributed by atoms with van der Waals surface area (Å²) in [4.78, 5) is 0. The van der Waals surface area contributed by atoms with Crippen molar-refractivity contribution in [2.45, 2.75) is 33.1 Å². The highest BCUT2D eigenvalue weighted by molar-refractivity contribution is 5.70. The van der Waals surface area contributed by atoms with E-state index in [4.69, 9.17) is 4.74 Å². The summed E-state index contributed by atoms with van der Waals surface area (Å²) in [5.41, 5.74) is 5.39. The first-order chi connectivity index (χ1) is 7.77. The van der Waals surface area contributed by atoms with Crippen LogP contribution in [0.15, 0.2) is 6.08 Å². The van der Waals surface area contributed by atoms with Gasteiger partial charge in [0.2, 0.25) is 0 Å². The number of aryl methyl sites for hydroxylation is 2. The quantitative estimate of drug-likeness (QED) is 0.782. The van der Waals surface area contributed by atoms with Crippen LogP contribution in [-0.2, 0) is 24.6 Å². The molecule has 0 spiro atoms. The number of hydrogen-bond acceptors (Lipinski definition) is 2. The molecule has 1 aliphatic rings. The second kappa shape index (κ2) is 4.83. The molecule has 0 atom stereocenters. The number of nitrogens with zero attached hydrogens (tertiary/aromatic N) is 2. The van der Waals surface area contributed by atoms with Gasteiger partial charge in [0.1, 0.15) is 0 Å². The standard InChI is InChI=1S/C13H20N2O/c1-4-11-13(10-6-8-16-9-7-10)12(5-2)15(3)14-11/h6H,4-5,7-9H2,1-3H3. The van der Waals surface area contributed by atoms with Gasteiger partial charge in [-0.3, -0.25) is 4.68 Å². The van der Waals surface area contributed by atoms with E-state index in [9.17, 15) is 0 Å². The van der Waals surface area contributed by atoms with Crippen molar-refractivity contribution >= 4 is 5.57 Å². The SMILES string of the molecule is CCc1nn(C)c(CC)c1C1=CCOCC1. The first-order valence-electron chi connectivity index (χ1n) is 6.09. The zero-order valence-electron chi connectivity index (χ0n) is 10.4. The van der Waals surface area contributed by atoms with Crippen LogP contribution in [0.3, 0.4) is 0 Å². The highest BCUT2D eigenvalue weighted by Crippen LogP contribution is 2.28. The average Bonchev–Trinajstić information content (AvgIpc) is 2.66. The van der Waals surface area contributed by atoms with Gasteiger partial charge in [-0.2, -0.15) is 5.10 Å². The van der Waals surface area contributed by atoms with Gasteiger partial charge in [-0.25, -0.2) is 0 Å². The van der Waals surface area contributed by atoms with Crippen LogP contribution in [0.2, 0.25) is 0 Å². The molecule has 0 amide bonds. The lowest BCUT2D eigenvalue weighted by atomic mass is 9.97. The zero-order chi connectivity index (χ0) is 11.5. The first-order valence-corrected chi connectivity index (χ1v) is 6.09. The Kier molecular flexibility index (Phi) is 3.44. The van der Waals surface area contributed by atoms with Gasteiger partial charge >= 0.3 is 0 Å². The molecule has 0 radical (unpaired) electrons.